The maximum absolute atomic E-state index is 15.1. The smallest absolute Gasteiger partial charge is 0.341 e. The van der Waals surface area contributed by atoms with E-state index in [1.165, 1.54) is 10.5 Å². The number of anilines is 1. The molecule has 0 unspecified atom stereocenters. The van der Waals surface area contributed by atoms with Crippen LogP contribution in [0.3, 0.4) is 0 Å². The number of hydrogen-bond donors (Lipinski definition) is 1. The van der Waals surface area contributed by atoms with Crippen molar-refractivity contribution in [3.8, 4) is 0 Å². The van der Waals surface area contributed by atoms with Gasteiger partial charge >= 0.3 is 5.97 Å². The summed E-state index contributed by atoms with van der Waals surface area (Å²) in [4.78, 5) is 26.2. The molecule has 0 amide bonds. The van der Waals surface area contributed by atoms with Crippen molar-refractivity contribution in [3.05, 3.63) is 69.8 Å². The van der Waals surface area contributed by atoms with E-state index < -0.39 is 27.2 Å². The first kappa shape index (κ1) is 22.5. The summed E-state index contributed by atoms with van der Waals surface area (Å²) >= 11 is 0. The van der Waals surface area contributed by atoms with Gasteiger partial charge in [-0.1, -0.05) is 17.7 Å². The molecule has 0 atom stereocenters. The van der Waals surface area contributed by atoms with Gasteiger partial charge < -0.3 is 14.6 Å². The van der Waals surface area contributed by atoms with Gasteiger partial charge in [0.15, 0.2) is 0 Å². The number of sulfonamides is 1. The van der Waals surface area contributed by atoms with Crippen LogP contribution in [-0.2, 0) is 10.0 Å². The van der Waals surface area contributed by atoms with Crippen molar-refractivity contribution in [3.63, 3.8) is 0 Å². The van der Waals surface area contributed by atoms with E-state index in [1.807, 2.05) is 6.92 Å². The Balaban J connectivity index is 1.45. The summed E-state index contributed by atoms with van der Waals surface area (Å²) in [5.74, 6) is -1.97. The predicted octanol–water partition coefficient (Wildman–Crippen LogP) is 2.99. The maximum atomic E-state index is 15.1. The molecule has 1 aliphatic carbocycles. The molecular weight excluding hydrogens is 461 g/mol. The van der Waals surface area contributed by atoms with E-state index in [2.05, 4.69) is 0 Å². The minimum absolute atomic E-state index is 0.0358. The number of benzene rings is 2. The fourth-order valence-corrected chi connectivity index (χ4v) is 5.86. The van der Waals surface area contributed by atoms with Crippen LogP contribution in [0.15, 0.2) is 52.3 Å². The Morgan fingerprint density at radius 3 is 2.29 bits per heavy atom. The Hall–Kier alpha value is -3.24. The number of rotatable bonds is 5. The van der Waals surface area contributed by atoms with E-state index in [4.69, 9.17) is 0 Å². The first-order chi connectivity index (χ1) is 16.2. The SMILES string of the molecule is Cc1ccc(S(=O)(=O)N2CCN(c3cc4c(cc3F)c(=O)c(C(=O)O)cn4C3CC3)CC2)cc1. The molecule has 8 nitrogen and oxygen atoms in total. The average molecular weight is 486 g/mol. The molecule has 34 heavy (non-hydrogen) atoms. The molecule has 1 N–H and O–H groups in total. The van der Waals surface area contributed by atoms with Crippen LogP contribution in [0.5, 0.6) is 0 Å². The topological polar surface area (TPSA) is 99.9 Å². The third kappa shape index (κ3) is 3.86. The summed E-state index contributed by atoms with van der Waals surface area (Å²) in [7, 11) is -3.65. The Bertz CT molecular complexity index is 1450. The molecule has 0 spiro atoms. The number of piperazine rings is 1. The van der Waals surface area contributed by atoms with Crippen LogP contribution in [-0.4, -0.2) is 54.5 Å². The molecule has 2 aromatic carbocycles. The minimum atomic E-state index is -3.65. The normalized spacial score (nSPS) is 17.3. The van der Waals surface area contributed by atoms with Gasteiger partial charge in [0.1, 0.15) is 11.4 Å². The number of carboxylic acid groups (broad SMARTS) is 1. The van der Waals surface area contributed by atoms with Gasteiger partial charge in [0, 0.05) is 43.8 Å². The quantitative estimate of drug-likeness (QED) is 0.597. The summed E-state index contributed by atoms with van der Waals surface area (Å²) in [5, 5.41) is 9.43. The summed E-state index contributed by atoms with van der Waals surface area (Å²) in [6.07, 6.45) is 3.07. The first-order valence-electron chi connectivity index (χ1n) is 11.1. The van der Waals surface area contributed by atoms with Crippen LogP contribution in [0.4, 0.5) is 10.1 Å². The maximum Gasteiger partial charge on any atom is 0.341 e. The molecule has 2 heterocycles. The highest BCUT2D eigenvalue weighted by Crippen LogP contribution is 2.38. The lowest BCUT2D eigenvalue weighted by Crippen LogP contribution is -2.48. The third-order valence-corrected chi connectivity index (χ3v) is 8.42. The largest absolute Gasteiger partial charge is 0.477 e. The Labute approximate surface area is 195 Å². The third-order valence-electron chi connectivity index (χ3n) is 6.51. The van der Waals surface area contributed by atoms with Gasteiger partial charge in [-0.15, -0.1) is 0 Å². The van der Waals surface area contributed by atoms with E-state index in [0.717, 1.165) is 24.5 Å². The molecule has 5 rings (SSSR count). The van der Waals surface area contributed by atoms with Gasteiger partial charge in [0.2, 0.25) is 15.5 Å². The number of hydrogen-bond acceptors (Lipinski definition) is 5. The number of aryl methyl sites for hydroxylation is 1. The van der Waals surface area contributed by atoms with Crippen molar-refractivity contribution < 1.29 is 22.7 Å². The number of aromatic carboxylic acids is 1. The van der Waals surface area contributed by atoms with Crippen molar-refractivity contribution in [2.45, 2.75) is 30.7 Å². The zero-order valence-corrected chi connectivity index (χ0v) is 19.4. The fourth-order valence-electron chi connectivity index (χ4n) is 4.44. The second kappa shape index (κ2) is 8.21. The van der Waals surface area contributed by atoms with E-state index in [-0.39, 0.29) is 53.8 Å². The number of aromatic nitrogens is 1. The second-order valence-electron chi connectivity index (χ2n) is 8.84. The average Bonchev–Trinajstić information content (AvgIpc) is 3.65. The second-order valence-corrected chi connectivity index (χ2v) is 10.8. The highest BCUT2D eigenvalue weighted by atomic mass is 32.2. The van der Waals surface area contributed by atoms with Crippen LogP contribution >= 0.6 is 0 Å². The standard InChI is InChI=1S/C24H24FN3O5S/c1-15-2-6-17(7-3-15)34(32,33)27-10-8-26(9-11-27)22-13-21-18(12-20(22)25)23(29)19(24(30)31)14-28(21)16-4-5-16/h2-3,6-7,12-14,16H,4-5,8-11H2,1H3,(H,30,31). The lowest BCUT2D eigenvalue weighted by molar-refractivity contribution is 0.0695. The summed E-state index contributed by atoms with van der Waals surface area (Å²) in [6, 6.07) is 9.45. The van der Waals surface area contributed by atoms with E-state index in [0.29, 0.717) is 5.52 Å². The van der Waals surface area contributed by atoms with Crippen molar-refractivity contribution in [1.29, 1.82) is 0 Å². The lowest BCUT2D eigenvalue weighted by atomic mass is 10.1. The van der Waals surface area contributed by atoms with E-state index in [9.17, 15) is 23.1 Å². The van der Waals surface area contributed by atoms with Crippen molar-refractivity contribution in [1.82, 2.24) is 8.87 Å². The summed E-state index contributed by atoms with van der Waals surface area (Å²) in [5.41, 5.74) is 0.649. The zero-order valence-electron chi connectivity index (χ0n) is 18.6. The molecule has 1 aliphatic heterocycles. The van der Waals surface area contributed by atoms with Gasteiger partial charge in [0.25, 0.3) is 0 Å². The number of pyridine rings is 1. The first-order valence-corrected chi connectivity index (χ1v) is 12.5. The molecule has 1 saturated heterocycles. The summed E-state index contributed by atoms with van der Waals surface area (Å²) < 4.78 is 44.2. The number of fused-ring (bicyclic) bond motifs is 1. The van der Waals surface area contributed by atoms with Gasteiger partial charge in [-0.2, -0.15) is 4.31 Å². The van der Waals surface area contributed by atoms with Crippen LogP contribution in [0.1, 0.15) is 34.8 Å². The van der Waals surface area contributed by atoms with E-state index in [1.54, 1.807) is 39.8 Å². The molecular formula is C24H24FN3O5S. The molecule has 178 valence electrons. The predicted molar refractivity (Wildman–Crippen MR) is 126 cm³/mol. The Kier molecular flexibility index (Phi) is 5.44. The van der Waals surface area contributed by atoms with Crippen molar-refractivity contribution in [2.24, 2.45) is 0 Å². The van der Waals surface area contributed by atoms with Gasteiger partial charge in [-0.3, -0.25) is 4.79 Å². The summed E-state index contributed by atoms with van der Waals surface area (Å²) in [6.45, 7) is 2.85. The number of carbonyl (C=O) groups is 1. The van der Waals surface area contributed by atoms with Gasteiger partial charge in [0.05, 0.1) is 16.1 Å². The highest BCUT2D eigenvalue weighted by molar-refractivity contribution is 7.89. The molecule has 1 saturated carbocycles. The van der Waals surface area contributed by atoms with Crippen LogP contribution in [0.2, 0.25) is 0 Å². The molecule has 0 bridgehead atoms. The zero-order chi connectivity index (χ0) is 24.2. The highest BCUT2D eigenvalue weighted by Gasteiger charge is 2.31. The fraction of sp³-hybridized carbons (Fsp3) is 0.333. The lowest BCUT2D eigenvalue weighted by Gasteiger charge is -2.35. The molecule has 0 radical (unpaired) electrons. The molecule has 2 aliphatic rings. The van der Waals surface area contributed by atoms with Crippen LogP contribution < -0.4 is 10.3 Å². The minimum Gasteiger partial charge on any atom is -0.477 e. The Morgan fingerprint density at radius 2 is 1.71 bits per heavy atom. The number of nitrogens with zero attached hydrogens (tertiary/aromatic N) is 3. The van der Waals surface area contributed by atoms with Crippen LogP contribution in [0, 0.1) is 12.7 Å². The van der Waals surface area contributed by atoms with E-state index >= 15 is 4.39 Å². The van der Waals surface area contributed by atoms with Crippen molar-refractivity contribution >= 4 is 32.6 Å². The van der Waals surface area contributed by atoms with Crippen molar-refractivity contribution in [2.75, 3.05) is 31.1 Å². The van der Waals surface area contributed by atoms with Gasteiger partial charge in [-0.25, -0.2) is 17.6 Å². The number of carboxylic acids is 1. The molecule has 2 fully saturated rings. The van der Waals surface area contributed by atoms with Gasteiger partial charge in [-0.05, 0) is 44.0 Å². The molecule has 10 heteroatoms. The Morgan fingerprint density at radius 1 is 1.06 bits per heavy atom. The molecule has 1 aromatic heterocycles. The monoisotopic (exact) mass is 485 g/mol. The number of halogens is 1. The van der Waals surface area contributed by atoms with Crippen LogP contribution in [0.25, 0.3) is 10.9 Å². The molecule has 3 aromatic rings.